The molecule has 0 saturated heterocycles. The van der Waals surface area contributed by atoms with Crippen molar-refractivity contribution in [1.82, 2.24) is 15.1 Å². The van der Waals surface area contributed by atoms with Gasteiger partial charge in [0.2, 0.25) is 0 Å². The van der Waals surface area contributed by atoms with E-state index in [4.69, 9.17) is 0 Å². The zero-order valence-corrected chi connectivity index (χ0v) is 11.0. The minimum absolute atomic E-state index is 0.898. The maximum absolute atomic E-state index is 4.26. The summed E-state index contributed by atoms with van der Waals surface area (Å²) in [4.78, 5) is 0. The van der Waals surface area contributed by atoms with E-state index in [1.54, 1.807) is 6.20 Å². The van der Waals surface area contributed by atoms with Gasteiger partial charge in [-0.1, -0.05) is 6.07 Å². The van der Waals surface area contributed by atoms with Crippen LogP contribution in [0.4, 0.5) is 0 Å². The minimum Gasteiger partial charge on any atom is -0.316 e. The predicted octanol–water partition coefficient (Wildman–Crippen LogP) is 2.66. The van der Waals surface area contributed by atoms with Gasteiger partial charge in [-0.2, -0.15) is 5.10 Å². The van der Waals surface area contributed by atoms with Crippen LogP contribution in [0.15, 0.2) is 35.1 Å². The van der Waals surface area contributed by atoms with Gasteiger partial charge in [0.15, 0.2) is 0 Å². The van der Waals surface area contributed by atoms with Gasteiger partial charge >= 0.3 is 0 Å². The van der Waals surface area contributed by atoms with Crippen molar-refractivity contribution in [2.24, 2.45) is 0 Å². The normalized spacial score (nSPS) is 10.7. The summed E-state index contributed by atoms with van der Waals surface area (Å²) in [6.07, 6.45) is 3.74. The summed E-state index contributed by atoms with van der Waals surface area (Å²) in [5, 5.41) is 7.42. The van der Waals surface area contributed by atoms with Crippen LogP contribution in [0.2, 0.25) is 0 Å². The largest absolute Gasteiger partial charge is 0.316 e. The molecular formula is C12H14BrN3. The van der Waals surface area contributed by atoms with Crippen molar-refractivity contribution < 1.29 is 0 Å². The summed E-state index contributed by atoms with van der Waals surface area (Å²) in [7, 11) is 1.96. The fourth-order valence-electron chi connectivity index (χ4n) is 1.65. The first-order valence-electron chi connectivity index (χ1n) is 5.15. The molecule has 0 fully saturated rings. The second-order valence-electron chi connectivity index (χ2n) is 3.74. The van der Waals surface area contributed by atoms with Gasteiger partial charge in [0.1, 0.15) is 0 Å². The summed E-state index contributed by atoms with van der Waals surface area (Å²) in [5.74, 6) is 0. The van der Waals surface area contributed by atoms with Crippen LogP contribution in [-0.2, 0) is 6.54 Å². The number of aromatic nitrogens is 2. The van der Waals surface area contributed by atoms with Gasteiger partial charge in [0.05, 0.1) is 16.4 Å². The van der Waals surface area contributed by atoms with E-state index in [2.05, 4.69) is 51.5 Å². The second kappa shape index (κ2) is 4.80. The Balaban J connectivity index is 2.34. The average molecular weight is 280 g/mol. The lowest BCUT2D eigenvalue weighted by Crippen LogP contribution is -2.07. The highest BCUT2D eigenvalue weighted by Crippen LogP contribution is 2.16. The highest BCUT2D eigenvalue weighted by molar-refractivity contribution is 9.10. The molecule has 0 aliphatic carbocycles. The lowest BCUT2D eigenvalue weighted by Gasteiger charge is -2.08. The van der Waals surface area contributed by atoms with Crippen LogP contribution in [0.1, 0.15) is 11.1 Å². The minimum atomic E-state index is 0.898. The van der Waals surface area contributed by atoms with Gasteiger partial charge in [0, 0.05) is 12.7 Å². The average Bonchev–Trinajstić information content (AvgIpc) is 2.68. The number of rotatable bonds is 3. The number of benzene rings is 1. The number of nitrogens with zero attached hydrogens (tertiary/aromatic N) is 2. The van der Waals surface area contributed by atoms with Crippen molar-refractivity contribution in [3.05, 3.63) is 46.2 Å². The first-order chi connectivity index (χ1) is 7.70. The van der Waals surface area contributed by atoms with Gasteiger partial charge in [-0.25, -0.2) is 4.68 Å². The standard InChI is InChI=1S/C12H14BrN3/c1-9-5-12(4-3-10(9)6-14-2)16-8-11(13)7-15-16/h3-5,7-8,14H,6H2,1-2H3. The molecule has 1 heterocycles. The summed E-state index contributed by atoms with van der Waals surface area (Å²) in [5.41, 5.74) is 3.68. The molecule has 16 heavy (non-hydrogen) atoms. The Morgan fingerprint density at radius 3 is 2.81 bits per heavy atom. The quantitative estimate of drug-likeness (QED) is 0.936. The molecule has 3 nitrogen and oxygen atoms in total. The van der Waals surface area contributed by atoms with Gasteiger partial charge in [-0.05, 0) is 53.2 Å². The molecule has 0 atom stereocenters. The zero-order valence-electron chi connectivity index (χ0n) is 9.37. The molecular weight excluding hydrogens is 266 g/mol. The Hall–Kier alpha value is -1.13. The van der Waals surface area contributed by atoms with Crippen LogP contribution < -0.4 is 5.32 Å². The Bertz CT molecular complexity index is 491. The monoisotopic (exact) mass is 279 g/mol. The Morgan fingerprint density at radius 2 is 2.25 bits per heavy atom. The van der Waals surface area contributed by atoms with Crippen LogP contribution in [0.5, 0.6) is 0 Å². The van der Waals surface area contributed by atoms with E-state index >= 15 is 0 Å². The lowest BCUT2D eigenvalue weighted by atomic mass is 10.1. The van der Waals surface area contributed by atoms with Crippen molar-refractivity contribution in [2.75, 3.05) is 7.05 Å². The van der Waals surface area contributed by atoms with Crippen molar-refractivity contribution >= 4 is 15.9 Å². The van der Waals surface area contributed by atoms with E-state index in [1.807, 2.05) is 17.9 Å². The van der Waals surface area contributed by atoms with Crippen molar-refractivity contribution in [1.29, 1.82) is 0 Å². The van der Waals surface area contributed by atoms with Gasteiger partial charge in [-0.3, -0.25) is 0 Å². The molecule has 2 rings (SSSR count). The molecule has 1 N–H and O–H groups in total. The third kappa shape index (κ3) is 2.33. The molecule has 0 bridgehead atoms. The summed E-state index contributed by atoms with van der Waals surface area (Å²) in [6, 6.07) is 6.36. The van der Waals surface area contributed by atoms with Crippen LogP contribution in [-0.4, -0.2) is 16.8 Å². The molecule has 0 saturated carbocycles. The van der Waals surface area contributed by atoms with Crippen LogP contribution in [0.3, 0.4) is 0 Å². The number of hydrogen-bond donors (Lipinski definition) is 1. The third-order valence-electron chi connectivity index (χ3n) is 2.51. The SMILES string of the molecule is CNCc1ccc(-n2cc(Br)cn2)cc1C. The molecule has 0 aliphatic rings. The van der Waals surface area contributed by atoms with Crippen LogP contribution in [0, 0.1) is 6.92 Å². The molecule has 0 spiro atoms. The second-order valence-corrected chi connectivity index (χ2v) is 4.66. The molecule has 0 unspecified atom stereocenters. The highest BCUT2D eigenvalue weighted by atomic mass is 79.9. The maximum atomic E-state index is 4.26. The van der Waals surface area contributed by atoms with E-state index in [0.717, 1.165) is 16.7 Å². The van der Waals surface area contributed by atoms with E-state index in [0.29, 0.717) is 0 Å². The number of halogens is 1. The van der Waals surface area contributed by atoms with Crippen molar-refractivity contribution in [2.45, 2.75) is 13.5 Å². The van der Waals surface area contributed by atoms with Crippen LogP contribution >= 0.6 is 15.9 Å². The Kier molecular flexibility index (Phi) is 3.41. The van der Waals surface area contributed by atoms with E-state index < -0.39 is 0 Å². The van der Waals surface area contributed by atoms with E-state index in [1.165, 1.54) is 11.1 Å². The van der Waals surface area contributed by atoms with E-state index in [-0.39, 0.29) is 0 Å². The van der Waals surface area contributed by atoms with E-state index in [9.17, 15) is 0 Å². The fraction of sp³-hybridized carbons (Fsp3) is 0.250. The first-order valence-corrected chi connectivity index (χ1v) is 5.94. The Morgan fingerprint density at radius 1 is 1.44 bits per heavy atom. The Labute approximate surface area is 104 Å². The lowest BCUT2D eigenvalue weighted by molar-refractivity contribution is 0.808. The van der Waals surface area contributed by atoms with Gasteiger partial charge < -0.3 is 5.32 Å². The predicted molar refractivity (Wildman–Crippen MR) is 68.8 cm³/mol. The molecule has 1 aromatic heterocycles. The number of nitrogens with one attached hydrogen (secondary N) is 1. The van der Waals surface area contributed by atoms with Crippen molar-refractivity contribution in [3.8, 4) is 5.69 Å². The zero-order chi connectivity index (χ0) is 11.5. The van der Waals surface area contributed by atoms with Crippen LogP contribution in [0.25, 0.3) is 5.69 Å². The molecule has 84 valence electrons. The molecule has 1 aromatic carbocycles. The topological polar surface area (TPSA) is 29.9 Å². The highest BCUT2D eigenvalue weighted by Gasteiger charge is 2.02. The first kappa shape index (κ1) is 11.4. The van der Waals surface area contributed by atoms with Gasteiger partial charge in [-0.15, -0.1) is 0 Å². The summed E-state index contributed by atoms with van der Waals surface area (Å²) < 4.78 is 2.85. The summed E-state index contributed by atoms with van der Waals surface area (Å²) >= 11 is 3.39. The molecule has 0 aliphatic heterocycles. The van der Waals surface area contributed by atoms with Gasteiger partial charge in [0.25, 0.3) is 0 Å². The molecule has 0 radical (unpaired) electrons. The van der Waals surface area contributed by atoms with Crippen molar-refractivity contribution in [3.63, 3.8) is 0 Å². The fourth-order valence-corrected chi connectivity index (χ4v) is 1.94. The number of hydrogen-bond acceptors (Lipinski definition) is 2. The molecule has 0 amide bonds. The maximum Gasteiger partial charge on any atom is 0.0648 e. The number of aryl methyl sites for hydroxylation is 1. The smallest absolute Gasteiger partial charge is 0.0648 e. The summed E-state index contributed by atoms with van der Waals surface area (Å²) in [6.45, 7) is 3.02. The molecule has 2 aromatic rings. The third-order valence-corrected chi connectivity index (χ3v) is 2.92. The molecule has 4 heteroatoms.